The molecule has 0 rings (SSSR count). The second kappa shape index (κ2) is 14.5. The maximum atomic E-state index is 10.4. The molecule has 1 unspecified atom stereocenters. The van der Waals surface area contributed by atoms with Gasteiger partial charge in [-0.1, -0.05) is 51.9 Å². The molecule has 0 fully saturated rings. The second-order valence-corrected chi connectivity index (χ2v) is 4.91. The van der Waals surface area contributed by atoms with Gasteiger partial charge in [-0.3, -0.25) is 4.57 Å². The van der Waals surface area contributed by atoms with Crippen LogP contribution in [0.4, 0.5) is 0 Å². The molecule has 0 aliphatic rings. The maximum Gasteiger partial charge on any atom is 0.189 e. The fraction of sp³-hybridized carbons (Fsp3) is 1.00. The standard InChI is InChI=1S/C10H23O2P.Nd/c1-2-3-4-5-6-7-8-9-10-13(11)12;/h13H,2-10H2,1H3,(H,11,12);. The molecular formula is C10H23NdO2P. The van der Waals surface area contributed by atoms with Gasteiger partial charge in [-0.25, -0.2) is 0 Å². The van der Waals surface area contributed by atoms with Crippen LogP contribution in [-0.2, 0) is 4.57 Å². The normalized spacial score (nSPS) is 12.1. The third kappa shape index (κ3) is 16.0. The van der Waals surface area contributed by atoms with Crippen molar-refractivity contribution in [3.8, 4) is 0 Å². The number of hydrogen-bond acceptors (Lipinski definition) is 1. The molecule has 84 valence electrons. The van der Waals surface area contributed by atoms with Crippen molar-refractivity contribution < 1.29 is 50.3 Å². The maximum absolute atomic E-state index is 10.4. The summed E-state index contributed by atoms with van der Waals surface area (Å²) in [7, 11) is -2.19. The molecule has 0 amide bonds. The first kappa shape index (κ1) is 17.9. The first-order valence-electron chi connectivity index (χ1n) is 5.49. The zero-order valence-electron chi connectivity index (χ0n) is 9.22. The van der Waals surface area contributed by atoms with Crippen LogP contribution in [0.2, 0.25) is 0 Å². The Hall–Kier alpha value is 1.54. The second-order valence-electron chi connectivity index (χ2n) is 3.62. The molecule has 0 heterocycles. The van der Waals surface area contributed by atoms with Gasteiger partial charge in [0.2, 0.25) is 0 Å². The van der Waals surface area contributed by atoms with E-state index in [4.69, 9.17) is 4.89 Å². The summed E-state index contributed by atoms with van der Waals surface area (Å²) in [6.45, 7) is 2.22. The Labute approximate surface area is 122 Å². The molecule has 4 heteroatoms. The van der Waals surface area contributed by atoms with Crippen LogP contribution in [0.25, 0.3) is 0 Å². The minimum absolute atomic E-state index is 0. The summed E-state index contributed by atoms with van der Waals surface area (Å²) in [6, 6.07) is 0. The van der Waals surface area contributed by atoms with Crippen LogP contribution in [0.5, 0.6) is 0 Å². The minimum atomic E-state index is -2.19. The summed E-state index contributed by atoms with van der Waals surface area (Å²) >= 11 is 0. The van der Waals surface area contributed by atoms with Gasteiger partial charge in [0.25, 0.3) is 0 Å². The summed E-state index contributed by atoms with van der Waals surface area (Å²) in [5.74, 6) is 0. The van der Waals surface area contributed by atoms with Crippen molar-refractivity contribution in [2.45, 2.75) is 58.3 Å². The van der Waals surface area contributed by atoms with Gasteiger partial charge in [-0.15, -0.1) is 0 Å². The minimum Gasteiger partial charge on any atom is -0.346 e. The first-order valence-corrected chi connectivity index (χ1v) is 7.05. The monoisotopic (exact) mass is 348 g/mol. The Morgan fingerprint density at radius 1 is 0.929 bits per heavy atom. The molecule has 0 saturated carbocycles. The van der Waals surface area contributed by atoms with E-state index in [1.54, 1.807) is 0 Å². The van der Waals surface area contributed by atoms with Crippen molar-refractivity contribution in [3.05, 3.63) is 0 Å². The first-order chi connectivity index (χ1) is 6.27. The molecule has 1 atom stereocenters. The van der Waals surface area contributed by atoms with Crippen molar-refractivity contribution in [2.75, 3.05) is 6.16 Å². The molecule has 0 aliphatic carbocycles. The average Bonchev–Trinajstić information content (AvgIpc) is 2.09. The van der Waals surface area contributed by atoms with E-state index in [0.717, 1.165) is 12.8 Å². The fourth-order valence-electron chi connectivity index (χ4n) is 1.41. The Morgan fingerprint density at radius 3 is 1.79 bits per heavy atom. The zero-order valence-corrected chi connectivity index (χ0v) is 13.4. The van der Waals surface area contributed by atoms with Gasteiger partial charge in [0, 0.05) is 47.0 Å². The molecule has 2 nitrogen and oxygen atoms in total. The van der Waals surface area contributed by atoms with E-state index in [1.807, 2.05) is 0 Å². The van der Waals surface area contributed by atoms with E-state index in [2.05, 4.69) is 6.92 Å². The Balaban J connectivity index is 0. The van der Waals surface area contributed by atoms with Gasteiger partial charge in [0.1, 0.15) is 0 Å². The van der Waals surface area contributed by atoms with Crippen LogP contribution in [0.15, 0.2) is 0 Å². The van der Waals surface area contributed by atoms with Crippen LogP contribution in [0.1, 0.15) is 58.3 Å². The topological polar surface area (TPSA) is 37.3 Å². The van der Waals surface area contributed by atoms with E-state index < -0.39 is 8.03 Å². The third-order valence-electron chi connectivity index (χ3n) is 2.24. The van der Waals surface area contributed by atoms with Crippen molar-refractivity contribution in [2.24, 2.45) is 0 Å². The molecule has 0 aliphatic heterocycles. The summed E-state index contributed by atoms with van der Waals surface area (Å²) in [5, 5.41) is 0. The smallest absolute Gasteiger partial charge is 0.189 e. The van der Waals surface area contributed by atoms with Crippen LogP contribution in [0.3, 0.4) is 0 Å². The van der Waals surface area contributed by atoms with E-state index >= 15 is 0 Å². The summed E-state index contributed by atoms with van der Waals surface area (Å²) < 4.78 is 10.4. The number of unbranched alkanes of at least 4 members (excludes halogenated alkanes) is 7. The fourth-order valence-corrected chi connectivity index (χ4v) is 1.96. The Bertz CT molecular complexity index is 131. The molecule has 0 aromatic rings. The summed E-state index contributed by atoms with van der Waals surface area (Å²) in [6.07, 6.45) is 10.5. The van der Waals surface area contributed by atoms with Gasteiger partial charge in [-0.05, 0) is 6.42 Å². The van der Waals surface area contributed by atoms with Crippen molar-refractivity contribution in [1.82, 2.24) is 0 Å². The molecule has 0 saturated heterocycles. The molecule has 1 N–H and O–H groups in total. The van der Waals surface area contributed by atoms with Gasteiger partial charge < -0.3 is 4.89 Å². The van der Waals surface area contributed by atoms with Crippen LogP contribution < -0.4 is 0 Å². The van der Waals surface area contributed by atoms with Crippen molar-refractivity contribution >= 4 is 8.03 Å². The summed E-state index contributed by atoms with van der Waals surface area (Å²) in [5.41, 5.74) is 0. The molecule has 0 aromatic heterocycles. The molecule has 0 aromatic carbocycles. The third-order valence-corrected chi connectivity index (χ3v) is 3.03. The summed E-state index contributed by atoms with van der Waals surface area (Å²) in [4.78, 5) is 8.57. The van der Waals surface area contributed by atoms with E-state index in [9.17, 15) is 4.57 Å². The van der Waals surface area contributed by atoms with Crippen LogP contribution in [0, 0.1) is 40.8 Å². The van der Waals surface area contributed by atoms with E-state index in [-0.39, 0.29) is 40.8 Å². The zero-order chi connectivity index (χ0) is 9.94. The van der Waals surface area contributed by atoms with Gasteiger partial charge in [-0.2, -0.15) is 0 Å². The predicted octanol–water partition coefficient (Wildman–Crippen LogP) is 3.59. The van der Waals surface area contributed by atoms with Crippen molar-refractivity contribution in [3.63, 3.8) is 0 Å². The van der Waals surface area contributed by atoms with Crippen LogP contribution >= 0.6 is 8.03 Å². The van der Waals surface area contributed by atoms with E-state index in [0.29, 0.717) is 6.16 Å². The van der Waals surface area contributed by atoms with Crippen LogP contribution in [-0.4, -0.2) is 11.1 Å². The SMILES string of the molecule is CCCCCCCCCC[PH](=O)O.[Nd]. The molecule has 0 bridgehead atoms. The van der Waals surface area contributed by atoms with Gasteiger partial charge in [0.15, 0.2) is 8.03 Å². The predicted molar refractivity (Wildman–Crippen MR) is 58.7 cm³/mol. The number of hydrogen-bond donors (Lipinski definition) is 1. The molecule has 0 spiro atoms. The molecule has 14 heavy (non-hydrogen) atoms. The molecule has 0 radical (unpaired) electrons. The largest absolute Gasteiger partial charge is 0.346 e. The van der Waals surface area contributed by atoms with Gasteiger partial charge >= 0.3 is 0 Å². The Kier molecular flexibility index (Phi) is 18.6. The molecular weight excluding hydrogens is 327 g/mol. The van der Waals surface area contributed by atoms with Gasteiger partial charge in [0.05, 0.1) is 0 Å². The Morgan fingerprint density at radius 2 is 1.36 bits per heavy atom. The number of rotatable bonds is 9. The quantitative estimate of drug-likeness (QED) is 0.510. The van der Waals surface area contributed by atoms with E-state index in [1.165, 1.54) is 38.5 Å². The van der Waals surface area contributed by atoms with Crippen molar-refractivity contribution in [1.29, 1.82) is 0 Å². The average molecular weight is 351 g/mol.